The van der Waals surface area contributed by atoms with E-state index >= 15 is 0 Å². The summed E-state index contributed by atoms with van der Waals surface area (Å²) in [4.78, 5) is 9.39. The van der Waals surface area contributed by atoms with Gasteiger partial charge in [0.2, 0.25) is 0 Å². The van der Waals surface area contributed by atoms with Crippen LogP contribution in [-0.4, -0.2) is 74.4 Å². The predicted molar refractivity (Wildman–Crippen MR) is 106 cm³/mol. The zero-order valence-electron chi connectivity index (χ0n) is 15.5. The number of ether oxygens (including phenoxy) is 1. The van der Waals surface area contributed by atoms with Crippen molar-refractivity contribution in [3.8, 4) is 0 Å². The molecular weight excluding hydrogens is 364 g/mol. The first-order valence-electron chi connectivity index (χ1n) is 9.34. The van der Waals surface area contributed by atoms with Crippen molar-refractivity contribution in [3.05, 3.63) is 41.7 Å². The number of nitrogens with zero attached hydrogens (tertiary/aromatic N) is 3. The molecule has 2 fully saturated rings. The minimum atomic E-state index is -3.04. The first-order valence-corrected chi connectivity index (χ1v) is 11.4. The zero-order valence-corrected chi connectivity index (χ0v) is 16.4. The first-order chi connectivity index (χ1) is 12.9. The third-order valence-corrected chi connectivity index (χ3v) is 6.34. The Bertz CT molecular complexity index is 847. The van der Waals surface area contributed by atoms with Crippen LogP contribution in [0.25, 0.3) is 0 Å². The lowest BCUT2D eigenvalue weighted by atomic mass is 10.1. The van der Waals surface area contributed by atoms with Crippen LogP contribution in [0.15, 0.2) is 41.2 Å². The molecule has 0 radical (unpaired) electrons. The highest BCUT2D eigenvalue weighted by atomic mass is 32.2. The van der Waals surface area contributed by atoms with Gasteiger partial charge >= 0.3 is 0 Å². The van der Waals surface area contributed by atoms with Crippen LogP contribution in [0.3, 0.4) is 0 Å². The number of nitrogen functional groups attached to an aromatic ring is 1. The van der Waals surface area contributed by atoms with Gasteiger partial charge in [-0.25, -0.2) is 13.4 Å². The number of aliphatic imine (C=N–C) groups is 1. The Hall–Kier alpha value is -2.06. The van der Waals surface area contributed by atoms with Crippen molar-refractivity contribution in [2.75, 3.05) is 44.0 Å². The van der Waals surface area contributed by atoms with Gasteiger partial charge in [0.15, 0.2) is 0 Å². The molecular formula is C19H26N4O3S. The third-order valence-electron chi connectivity index (χ3n) is 5.42. The van der Waals surface area contributed by atoms with Crippen LogP contribution in [-0.2, 0) is 14.6 Å². The molecule has 2 bridgehead atoms. The SMILES string of the molecule is CS(=O)(=O)CCN1CC=C(N2C3CCC2COC3)N=C1c1ccc(N)cc1. The molecule has 27 heavy (non-hydrogen) atoms. The summed E-state index contributed by atoms with van der Waals surface area (Å²) < 4.78 is 29.0. The Morgan fingerprint density at radius 3 is 2.48 bits per heavy atom. The van der Waals surface area contributed by atoms with Crippen molar-refractivity contribution in [3.63, 3.8) is 0 Å². The van der Waals surface area contributed by atoms with E-state index in [2.05, 4.69) is 11.0 Å². The molecule has 0 aliphatic carbocycles. The molecule has 1 aromatic rings. The van der Waals surface area contributed by atoms with E-state index in [9.17, 15) is 8.42 Å². The minimum Gasteiger partial charge on any atom is -0.399 e. The van der Waals surface area contributed by atoms with E-state index in [1.54, 1.807) is 0 Å². The van der Waals surface area contributed by atoms with E-state index in [1.165, 1.54) is 6.26 Å². The fourth-order valence-corrected chi connectivity index (χ4v) is 4.57. The lowest BCUT2D eigenvalue weighted by Crippen LogP contribution is -2.47. The van der Waals surface area contributed by atoms with Crippen LogP contribution < -0.4 is 5.73 Å². The summed E-state index contributed by atoms with van der Waals surface area (Å²) in [5.41, 5.74) is 7.47. The smallest absolute Gasteiger partial charge is 0.149 e. The molecule has 2 atom stereocenters. The Balaban J connectivity index is 1.64. The maximum atomic E-state index is 11.6. The molecule has 3 heterocycles. The van der Waals surface area contributed by atoms with Crippen molar-refractivity contribution < 1.29 is 13.2 Å². The number of sulfone groups is 1. The molecule has 0 amide bonds. The van der Waals surface area contributed by atoms with Crippen molar-refractivity contribution in [2.24, 2.45) is 4.99 Å². The second-order valence-electron chi connectivity index (χ2n) is 7.53. The van der Waals surface area contributed by atoms with Crippen LogP contribution >= 0.6 is 0 Å². The van der Waals surface area contributed by atoms with Crippen LogP contribution in [0, 0.1) is 0 Å². The number of morpholine rings is 1. The maximum Gasteiger partial charge on any atom is 0.149 e. The highest BCUT2D eigenvalue weighted by Crippen LogP contribution is 2.34. The van der Waals surface area contributed by atoms with Gasteiger partial charge in [-0.05, 0) is 43.2 Å². The van der Waals surface area contributed by atoms with Crippen LogP contribution in [0.4, 0.5) is 5.69 Å². The fourth-order valence-electron chi connectivity index (χ4n) is 4.02. The molecule has 8 heteroatoms. The number of nitrogens with two attached hydrogens (primary N) is 1. The van der Waals surface area contributed by atoms with Gasteiger partial charge in [-0.3, -0.25) is 0 Å². The van der Waals surface area contributed by atoms with Crippen LogP contribution in [0.5, 0.6) is 0 Å². The van der Waals surface area contributed by atoms with Gasteiger partial charge < -0.3 is 20.3 Å². The first kappa shape index (κ1) is 18.3. The Labute approximate surface area is 160 Å². The number of fused-ring (bicyclic) bond motifs is 2. The number of benzene rings is 1. The van der Waals surface area contributed by atoms with Gasteiger partial charge in [0.05, 0.1) is 31.1 Å². The highest BCUT2D eigenvalue weighted by Gasteiger charge is 2.39. The largest absolute Gasteiger partial charge is 0.399 e. The van der Waals surface area contributed by atoms with E-state index < -0.39 is 9.84 Å². The fraction of sp³-hybridized carbons (Fsp3) is 0.526. The van der Waals surface area contributed by atoms with Crippen molar-refractivity contribution in [1.29, 1.82) is 0 Å². The second-order valence-corrected chi connectivity index (χ2v) is 9.79. The lowest BCUT2D eigenvalue weighted by molar-refractivity contribution is 0.00232. The topological polar surface area (TPSA) is 88.2 Å². The molecule has 146 valence electrons. The van der Waals surface area contributed by atoms with Crippen molar-refractivity contribution >= 4 is 21.4 Å². The summed E-state index contributed by atoms with van der Waals surface area (Å²) in [6.07, 6.45) is 5.64. The Morgan fingerprint density at radius 1 is 1.19 bits per heavy atom. The molecule has 0 saturated carbocycles. The van der Waals surface area contributed by atoms with Gasteiger partial charge in [0.25, 0.3) is 0 Å². The molecule has 0 aromatic heterocycles. The number of hydrogen-bond acceptors (Lipinski definition) is 7. The third kappa shape index (κ3) is 3.96. The molecule has 2 unspecified atom stereocenters. The van der Waals surface area contributed by atoms with Crippen molar-refractivity contribution in [2.45, 2.75) is 24.9 Å². The van der Waals surface area contributed by atoms with Gasteiger partial charge in [0, 0.05) is 30.6 Å². The summed E-state index contributed by atoms with van der Waals surface area (Å²) in [7, 11) is -3.04. The van der Waals surface area contributed by atoms with Crippen LogP contribution in [0.1, 0.15) is 18.4 Å². The summed E-state index contributed by atoms with van der Waals surface area (Å²) >= 11 is 0. The molecule has 2 N–H and O–H groups in total. The number of hydrogen-bond donors (Lipinski definition) is 1. The van der Waals surface area contributed by atoms with Gasteiger partial charge in [-0.2, -0.15) is 0 Å². The van der Waals surface area contributed by atoms with Gasteiger partial charge in [-0.1, -0.05) is 0 Å². The summed E-state index contributed by atoms with van der Waals surface area (Å²) in [6, 6.07) is 8.35. The molecule has 2 saturated heterocycles. The quantitative estimate of drug-likeness (QED) is 0.757. The maximum absolute atomic E-state index is 11.6. The molecule has 7 nitrogen and oxygen atoms in total. The summed E-state index contributed by atoms with van der Waals surface area (Å²) in [5.74, 6) is 1.89. The summed E-state index contributed by atoms with van der Waals surface area (Å²) in [6.45, 7) is 2.56. The molecule has 3 aliphatic heterocycles. The van der Waals surface area contributed by atoms with Crippen LogP contribution in [0.2, 0.25) is 0 Å². The van der Waals surface area contributed by atoms with E-state index in [4.69, 9.17) is 15.5 Å². The predicted octanol–water partition coefficient (Wildman–Crippen LogP) is 1.08. The van der Waals surface area contributed by atoms with Gasteiger partial charge in [-0.15, -0.1) is 0 Å². The highest BCUT2D eigenvalue weighted by molar-refractivity contribution is 7.90. The van der Waals surface area contributed by atoms with E-state index in [-0.39, 0.29) is 5.75 Å². The number of rotatable bonds is 5. The number of amidine groups is 1. The summed E-state index contributed by atoms with van der Waals surface area (Å²) in [5, 5.41) is 0. The Morgan fingerprint density at radius 2 is 1.85 bits per heavy atom. The van der Waals surface area contributed by atoms with E-state index in [0.29, 0.717) is 30.9 Å². The number of anilines is 1. The van der Waals surface area contributed by atoms with E-state index in [1.807, 2.05) is 29.2 Å². The second kappa shape index (κ2) is 7.16. The lowest BCUT2D eigenvalue weighted by Gasteiger charge is -2.39. The minimum absolute atomic E-state index is 0.104. The van der Waals surface area contributed by atoms with Gasteiger partial charge in [0.1, 0.15) is 21.5 Å². The van der Waals surface area contributed by atoms with Crippen molar-refractivity contribution in [1.82, 2.24) is 9.80 Å². The Kier molecular flexibility index (Phi) is 4.86. The molecule has 0 spiro atoms. The van der Waals surface area contributed by atoms with E-state index in [0.717, 1.165) is 43.3 Å². The molecule has 1 aromatic carbocycles. The molecule has 4 rings (SSSR count). The zero-order chi connectivity index (χ0) is 19.0. The average Bonchev–Trinajstić information content (AvgIpc) is 2.88. The monoisotopic (exact) mass is 390 g/mol. The normalized spacial score (nSPS) is 25.4. The molecule has 3 aliphatic rings. The average molecular weight is 391 g/mol. The standard InChI is InChI=1S/C19H26N4O3S/c1-27(24,25)11-10-22-9-8-18(23-16-6-7-17(23)13-26-12-16)21-19(22)14-2-4-15(20)5-3-14/h2-5,8,16-17H,6-7,9-13,20H2,1H3.